The lowest BCUT2D eigenvalue weighted by atomic mass is 10.1. The van der Waals surface area contributed by atoms with Gasteiger partial charge in [-0.15, -0.1) is 0 Å². The molecule has 0 atom stereocenters. The Morgan fingerprint density at radius 3 is 2.87 bits per heavy atom. The molecule has 0 spiro atoms. The maximum absolute atomic E-state index is 10.6. The second kappa shape index (κ2) is 3.57. The third kappa shape index (κ3) is 1.74. The second-order valence-corrected chi connectivity index (χ2v) is 3.21. The number of fused-ring (bicyclic) bond motifs is 1. The number of pyridine rings is 1. The molecular formula is C11H9NO3. The van der Waals surface area contributed by atoms with Crippen LogP contribution < -0.4 is 0 Å². The van der Waals surface area contributed by atoms with Gasteiger partial charge in [-0.05, 0) is 23.8 Å². The van der Waals surface area contributed by atoms with E-state index in [4.69, 9.17) is 5.11 Å². The summed E-state index contributed by atoms with van der Waals surface area (Å²) in [6, 6.07) is 6.54. The largest absolute Gasteiger partial charge is 0.507 e. The number of rotatable bonds is 2. The molecule has 0 saturated carbocycles. The van der Waals surface area contributed by atoms with Crippen LogP contribution in [0.1, 0.15) is 5.56 Å². The van der Waals surface area contributed by atoms with Gasteiger partial charge in [-0.3, -0.25) is 9.78 Å². The molecule has 1 heterocycles. The van der Waals surface area contributed by atoms with E-state index in [1.54, 1.807) is 24.4 Å². The summed E-state index contributed by atoms with van der Waals surface area (Å²) in [6.07, 6.45) is 1.43. The van der Waals surface area contributed by atoms with Gasteiger partial charge in [-0.1, -0.05) is 6.07 Å². The van der Waals surface area contributed by atoms with Gasteiger partial charge in [0.15, 0.2) is 0 Å². The maximum Gasteiger partial charge on any atom is 0.307 e. The van der Waals surface area contributed by atoms with Crippen molar-refractivity contribution in [2.24, 2.45) is 0 Å². The number of hydrogen-bond acceptors (Lipinski definition) is 3. The Morgan fingerprint density at radius 2 is 2.13 bits per heavy atom. The molecule has 76 valence electrons. The van der Waals surface area contributed by atoms with E-state index in [0.29, 0.717) is 16.5 Å². The molecule has 1 aromatic heterocycles. The summed E-state index contributed by atoms with van der Waals surface area (Å²) in [4.78, 5) is 14.7. The molecule has 0 aliphatic carbocycles. The van der Waals surface area contributed by atoms with Gasteiger partial charge >= 0.3 is 5.97 Å². The molecule has 0 radical (unpaired) electrons. The van der Waals surface area contributed by atoms with Crippen molar-refractivity contribution in [2.75, 3.05) is 0 Å². The third-order valence-corrected chi connectivity index (χ3v) is 2.17. The van der Waals surface area contributed by atoms with Crippen molar-refractivity contribution in [3.05, 3.63) is 36.0 Å². The summed E-state index contributed by atoms with van der Waals surface area (Å²) in [5.41, 5.74) is 1.18. The lowest BCUT2D eigenvalue weighted by Crippen LogP contribution is -2.01. The number of phenols is 1. The molecule has 0 bridgehead atoms. The Balaban J connectivity index is 2.68. The molecule has 0 aliphatic rings. The molecule has 0 unspecified atom stereocenters. The van der Waals surface area contributed by atoms with Gasteiger partial charge in [0.1, 0.15) is 5.75 Å². The Morgan fingerprint density at radius 1 is 1.33 bits per heavy atom. The number of carboxylic acid groups (broad SMARTS) is 1. The first-order valence-electron chi connectivity index (χ1n) is 4.46. The smallest absolute Gasteiger partial charge is 0.307 e. The monoisotopic (exact) mass is 203 g/mol. The second-order valence-electron chi connectivity index (χ2n) is 3.21. The Bertz CT molecular complexity index is 517. The molecule has 0 saturated heterocycles. The van der Waals surface area contributed by atoms with E-state index in [1.165, 1.54) is 6.07 Å². The van der Waals surface area contributed by atoms with Crippen molar-refractivity contribution >= 4 is 16.9 Å². The summed E-state index contributed by atoms with van der Waals surface area (Å²) in [6.45, 7) is 0. The van der Waals surface area contributed by atoms with E-state index in [9.17, 15) is 9.90 Å². The molecule has 2 N–H and O–H groups in total. The Labute approximate surface area is 85.8 Å². The van der Waals surface area contributed by atoms with Crippen molar-refractivity contribution < 1.29 is 15.0 Å². The van der Waals surface area contributed by atoms with Crippen molar-refractivity contribution in [3.8, 4) is 5.75 Å². The highest BCUT2D eigenvalue weighted by molar-refractivity contribution is 5.90. The van der Waals surface area contributed by atoms with Crippen LogP contribution >= 0.6 is 0 Å². The van der Waals surface area contributed by atoms with Gasteiger partial charge < -0.3 is 10.2 Å². The topological polar surface area (TPSA) is 70.4 Å². The number of phenolic OH excluding ortho intramolecular Hbond substituents is 1. The fourth-order valence-electron chi connectivity index (χ4n) is 1.57. The highest BCUT2D eigenvalue weighted by atomic mass is 16.4. The van der Waals surface area contributed by atoms with Crippen LogP contribution in [0.3, 0.4) is 0 Å². The number of aromatic hydroxyl groups is 1. The van der Waals surface area contributed by atoms with Crippen LogP contribution in [-0.2, 0) is 11.2 Å². The molecule has 4 heteroatoms. The van der Waals surface area contributed by atoms with Crippen LogP contribution in [0.4, 0.5) is 0 Å². The van der Waals surface area contributed by atoms with Gasteiger partial charge in [0.05, 0.1) is 11.9 Å². The summed E-state index contributed by atoms with van der Waals surface area (Å²) >= 11 is 0. The first-order valence-corrected chi connectivity index (χ1v) is 4.46. The SMILES string of the molecule is O=C(O)Cc1ccnc2cccc(O)c12. The van der Waals surface area contributed by atoms with Crippen molar-refractivity contribution in [3.63, 3.8) is 0 Å². The molecular weight excluding hydrogens is 194 g/mol. The number of aromatic nitrogens is 1. The third-order valence-electron chi connectivity index (χ3n) is 2.17. The summed E-state index contributed by atoms with van der Waals surface area (Å²) in [5, 5.41) is 18.9. The highest BCUT2D eigenvalue weighted by Crippen LogP contribution is 2.26. The maximum atomic E-state index is 10.6. The van der Waals surface area contributed by atoms with Crippen LogP contribution in [0.25, 0.3) is 10.9 Å². The number of benzene rings is 1. The quantitative estimate of drug-likeness (QED) is 0.777. The highest BCUT2D eigenvalue weighted by Gasteiger charge is 2.08. The minimum Gasteiger partial charge on any atom is -0.507 e. The lowest BCUT2D eigenvalue weighted by molar-refractivity contribution is -0.136. The van der Waals surface area contributed by atoms with Crippen molar-refractivity contribution in [1.82, 2.24) is 4.98 Å². The standard InChI is InChI=1S/C11H9NO3/c13-9-3-1-2-8-11(9)7(4-5-12-8)6-10(14)15/h1-5,13H,6H2,(H,14,15). The molecule has 2 rings (SSSR count). The van der Waals surface area contributed by atoms with E-state index in [-0.39, 0.29) is 12.2 Å². The van der Waals surface area contributed by atoms with Crippen molar-refractivity contribution in [2.45, 2.75) is 6.42 Å². The normalized spacial score (nSPS) is 10.4. The summed E-state index contributed by atoms with van der Waals surface area (Å²) in [5.74, 6) is -0.859. The zero-order valence-electron chi connectivity index (χ0n) is 7.84. The molecule has 1 aromatic carbocycles. The molecule has 0 amide bonds. The molecule has 0 aliphatic heterocycles. The zero-order valence-corrected chi connectivity index (χ0v) is 7.84. The molecule has 2 aromatic rings. The van der Waals surface area contributed by atoms with E-state index in [0.717, 1.165) is 0 Å². The number of aliphatic carboxylic acids is 1. The predicted molar refractivity (Wildman–Crippen MR) is 54.7 cm³/mol. The number of nitrogens with zero attached hydrogens (tertiary/aromatic N) is 1. The van der Waals surface area contributed by atoms with E-state index < -0.39 is 5.97 Å². The number of carbonyl (C=O) groups is 1. The predicted octanol–water partition coefficient (Wildman–Crippen LogP) is 1.57. The van der Waals surface area contributed by atoms with Gasteiger partial charge in [0.2, 0.25) is 0 Å². The van der Waals surface area contributed by atoms with Crippen molar-refractivity contribution in [1.29, 1.82) is 0 Å². The Hall–Kier alpha value is -2.10. The minimum absolute atomic E-state index is 0.0665. The molecule has 0 fully saturated rings. The molecule has 4 nitrogen and oxygen atoms in total. The fourth-order valence-corrected chi connectivity index (χ4v) is 1.57. The van der Waals surface area contributed by atoms with Crippen LogP contribution in [0.2, 0.25) is 0 Å². The first kappa shape index (κ1) is 9.45. The summed E-state index contributed by atoms with van der Waals surface area (Å²) < 4.78 is 0. The lowest BCUT2D eigenvalue weighted by Gasteiger charge is -2.04. The number of carboxylic acids is 1. The zero-order chi connectivity index (χ0) is 10.8. The van der Waals surface area contributed by atoms with Gasteiger partial charge in [-0.2, -0.15) is 0 Å². The average Bonchev–Trinajstić information content (AvgIpc) is 2.17. The number of hydrogen-bond donors (Lipinski definition) is 2. The molecule has 15 heavy (non-hydrogen) atoms. The summed E-state index contributed by atoms with van der Waals surface area (Å²) in [7, 11) is 0. The van der Waals surface area contributed by atoms with Crippen LogP contribution in [-0.4, -0.2) is 21.2 Å². The van der Waals surface area contributed by atoms with E-state index in [1.807, 2.05) is 0 Å². The first-order chi connectivity index (χ1) is 7.18. The van der Waals surface area contributed by atoms with Gasteiger partial charge in [0, 0.05) is 11.6 Å². The van der Waals surface area contributed by atoms with Gasteiger partial charge in [0.25, 0.3) is 0 Å². The van der Waals surface area contributed by atoms with Crippen LogP contribution in [0, 0.1) is 0 Å². The van der Waals surface area contributed by atoms with Crippen LogP contribution in [0.5, 0.6) is 5.75 Å². The Kier molecular flexibility index (Phi) is 2.25. The van der Waals surface area contributed by atoms with Gasteiger partial charge in [-0.25, -0.2) is 0 Å². The van der Waals surface area contributed by atoms with E-state index >= 15 is 0 Å². The van der Waals surface area contributed by atoms with E-state index in [2.05, 4.69) is 4.98 Å². The fraction of sp³-hybridized carbons (Fsp3) is 0.0909. The average molecular weight is 203 g/mol. The minimum atomic E-state index is -0.925. The van der Waals surface area contributed by atoms with Crippen LogP contribution in [0.15, 0.2) is 30.5 Å².